The van der Waals surface area contributed by atoms with E-state index in [1.54, 1.807) is 11.3 Å². The second-order valence-corrected chi connectivity index (χ2v) is 5.64. The van der Waals surface area contributed by atoms with Crippen LogP contribution in [-0.2, 0) is 11.2 Å². The summed E-state index contributed by atoms with van der Waals surface area (Å²) in [5.74, 6) is -0.803. The number of benzene rings is 2. The Hall–Kier alpha value is -2.39. The molecule has 2 nitrogen and oxygen atoms in total. The molecule has 21 heavy (non-hydrogen) atoms. The van der Waals surface area contributed by atoms with E-state index in [-0.39, 0.29) is 6.42 Å². The predicted octanol–water partition coefficient (Wildman–Crippen LogP) is 4.71. The summed E-state index contributed by atoms with van der Waals surface area (Å²) in [6, 6.07) is 19.9. The molecule has 3 heteroatoms. The normalized spacial score (nSPS) is 10.5. The molecular weight excluding hydrogens is 280 g/mol. The van der Waals surface area contributed by atoms with E-state index < -0.39 is 5.97 Å². The zero-order valence-corrected chi connectivity index (χ0v) is 12.1. The first-order valence-corrected chi connectivity index (χ1v) is 7.56. The van der Waals surface area contributed by atoms with Crippen LogP contribution in [0.1, 0.15) is 5.56 Å². The minimum Gasteiger partial charge on any atom is -0.481 e. The Bertz CT molecular complexity index is 688. The molecule has 0 amide bonds. The van der Waals surface area contributed by atoms with Crippen molar-refractivity contribution in [2.24, 2.45) is 0 Å². The van der Waals surface area contributed by atoms with Crippen molar-refractivity contribution in [2.75, 3.05) is 0 Å². The number of aliphatic carboxylic acids is 1. The molecule has 0 fully saturated rings. The van der Waals surface area contributed by atoms with E-state index >= 15 is 0 Å². The van der Waals surface area contributed by atoms with Crippen molar-refractivity contribution >= 4 is 17.3 Å². The van der Waals surface area contributed by atoms with E-state index in [0.29, 0.717) is 0 Å². The molecule has 104 valence electrons. The van der Waals surface area contributed by atoms with Gasteiger partial charge in [0.05, 0.1) is 6.42 Å². The summed E-state index contributed by atoms with van der Waals surface area (Å²) in [5.41, 5.74) is 4.04. The maximum Gasteiger partial charge on any atom is 0.307 e. The lowest BCUT2D eigenvalue weighted by atomic mass is 9.98. The summed E-state index contributed by atoms with van der Waals surface area (Å²) in [7, 11) is 0. The molecule has 3 aromatic rings. The van der Waals surface area contributed by atoms with Gasteiger partial charge in [-0.2, -0.15) is 0 Å². The van der Waals surface area contributed by atoms with Crippen molar-refractivity contribution in [3.05, 3.63) is 71.6 Å². The first-order valence-electron chi connectivity index (χ1n) is 6.68. The highest BCUT2D eigenvalue weighted by atomic mass is 32.1. The summed E-state index contributed by atoms with van der Waals surface area (Å²) in [6.07, 6.45) is 0.0396. The van der Waals surface area contributed by atoms with Crippen LogP contribution in [-0.4, -0.2) is 11.1 Å². The maximum absolute atomic E-state index is 11.2. The Morgan fingerprint density at radius 3 is 2.05 bits per heavy atom. The summed E-state index contributed by atoms with van der Waals surface area (Å²) >= 11 is 1.60. The van der Waals surface area contributed by atoms with E-state index in [1.165, 1.54) is 0 Å². The van der Waals surface area contributed by atoms with E-state index in [4.69, 9.17) is 0 Å². The number of carbonyl (C=O) groups is 1. The lowest BCUT2D eigenvalue weighted by Gasteiger charge is -2.06. The van der Waals surface area contributed by atoms with Crippen LogP contribution in [0.4, 0.5) is 0 Å². The summed E-state index contributed by atoms with van der Waals surface area (Å²) in [4.78, 5) is 12.3. The second kappa shape index (κ2) is 5.94. The number of hydrogen-bond acceptors (Lipinski definition) is 2. The third kappa shape index (κ3) is 2.88. The third-order valence-electron chi connectivity index (χ3n) is 3.34. The van der Waals surface area contributed by atoms with Gasteiger partial charge in [-0.25, -0.2) is 0 Å². The van der Waals surface area contributed by atoms with E-state index in [9.17, 15) is 9.90 Å². The molecule has 0 aliphatic rings. The van der Waals surface area contributed by atoms with Gasteiger partial charge >= 0.3 is 5.97 Å². The molecule has 1 aromatic heterocycles. The Balaban J connectivity index is 2.14. The predicted molar refractivity (Wildman–Crippen MR) is 86.5 cm³/mol. The average molecular weight is 294 g/mol. The molecule has 2 aromatic carbocycles. The largest absolute Gasteiger partial charge is 0.481 e. The monoisotopic (exact) mass is 294 g/mol. The quantitative estimate of drug-likeness (QED) is 0.756. The fraction of sp³-hybridized carbons (Fsp3) is 0.0556. The molecule has 0 radical (unpaired) electrons. The molecule has 0 atom stereocenters. The maximum atomic E-state index is 11.2. The zero-order chi connectivity index (χ0) is 14.7. The Kier molecular flexibility index (Phi) is 3.84. The van der Waals surface area contributed by atoms with Crippen LogP contribution >= 0.6 is 11.3 Å². The summed E-state index contributed by atoms with van der Waals surface area (Å²) in [6.45, 7) is 0. The fourth-order valence-electron chi connectivity index (χ4n) is 2.40. The molecular formula is C18H14O2S. The molecule has 0 aliphatic carbocycles. The van der Waals surface area contributed by atoms with Crippen molar-refractivity contribution in [1.82, 2.24) is 0 Å². The Morgan fingerprint density at radius 1 is 0.905 bits per heavy atom. The molecule has 0 unspecified atom stereocenters. The number of hydrogen-bond donors (Lipinski definition) is 1. The fourth-order valence-corrected chi connectivity index (χ4v) is 3.51. The van der Waals surface area contributed by atoms with Gasteiger partial charge in [0.2, 0.25) is 0 Å². The van der Waals surface area contributed by atoms with Gasteiger partial charge in [-0.3, -0.25) is 4.79 Å². The highest BCUT2D eigenvalue weighted by Gasteiger charge is 2.17. The van der Waals surface area contributed by atoms with E-state index in [2.05, 4.69) is 5.38 Å². The molecule has 1 heterocycles. The number of carboxylic acids is 1. The number of carboxylic acid groups (broad SMARTS) is 1. The highest BCUT2D eigenvalue weighted by molar-refractivity contribution is 7.14. The van der Waals surface area contributed by atoms with Gasteiger partial charge in [0, 0.05) is 4.88 Å². The lowest BCUT2D eigenvalue weighted by molar-refractivity contribution is -0.136. The Morgan fingerprint density at radius 2 is 1.48 bits per heavy atom. The first-order chi connectivity index (χ1) is 10.3. The van der Waals surface area contributed by atoms with E-state index in [1.807, 2.05) is 60.7 Å². The van der Waals surface area contributed by atoms with Gasteiger partial charge in [0.25, 0.3) is 0 Å². The van der Waals surface area contributed by atoms with Gasteiger partial charge in [0.1, 0.15) is 0 Å². The Labute approximate surface area is 127 Å². The first kappa shape index (κ1) is 13.6. The molecule has 1 N–H and O–H groups in total. The standard InChI is InChI=1S/C18H14O2S/c19-17(20)11-15-16(13-7-3-1-4-8-13)12-21-18(15)14-9-5-2-6-10-14/h1-10,12H,11H2,(H,19,20). The van der Waals surface area contributed by atoms with Crippen LogP contribution in [0.5, 0.6) is 0 Å². The van der Waals surface area contributed by atoms with Gasteiger partial charge in [-0.1, -0.05) is 60.7 Å². The van der Waals surface area contributed by atoms with E-state index in [0.717, 1.165) is 27.1 Å². The van der Waals surface area contributed by atoms with Crippen molar-refractivity contribution < 1.29 is 9.90 Å². The minimum absolute atomic E-state index is 0.0396. The van der Waals surface area contributed by atoms with Crippen LogP contribution in [0.25, 0.3) is 21.6 Å². The summed E-state index contributed by atoms with van der Waals surface area (Å²) in [5, 5.41) is 11.3. The number of thiophene rings is 1. The van der Waals surface area contributed by atoms with Crippen molar-refractivity contribution in [1.29, 1.82) is 0 Å². The van der Waals surface area contributed by atoms with Crippen molar-refractivity contribution in [3.8, 4) is 21.6 Å². The van der Waals surface area contributed by atoms with Gasteiger partial charge < -0.3 is 5.11 Å². The molecule has 0 saturated heterocycles. The molecule has 0 bridgehead atoms. The highest BCUT2D eigenvalue weighted by Crippen LogP contribution is 2.38. The number of rotatable bonds is 4. The minimum atomic E-state index is -0.803. The van der Waals surface area contributed by atoms with Crippen LogP contribution in [0.15, 0.2) is 66.0 Å². The van der Waals surface area contributed by atoms with Gasteiger partial charge in [-0.05, 0) is 27.6 Å². The lowest BCUT2D eigenvalue weighted by Crippen LogP contribution is -2.01. The second-order valence-electron chi connectivity index (χ2n) is 4.76. The molecule has 3 rings (SSSR count). The van der Waals surface area contributed by atoms with Crippen LogP contribution in [0.2, 0.25) is 0 Å². The SMILES string of the molecule is O=C(O)Cc1c(-c2ccccc2)csc1-c1ccccc1. The third-order valence-corrected chi connectivity index (χ3v) is 4.41. The average Bonchev–Trinajstić information content (AvgIpc) is 2.92. The van der Waals surface area contributed by atoms with Crippen molar-refractivity contribution in [3.63, 3.8) is 0 Å². The smallest absolute Gasteiger partial charge is 0.307 e. The van der Waals surface area contributed by atoms with Gasteiger partial charge in [0.15, 0.2) is 0 Å². The van der Waals surface area contributed by atoms with Crippen LogP contribution in [0.3, 0.4) is 0 Å². The van der Waals surface area contributed by atoms with Crippen LogP contribution < -0.4 is 0 Å². The topological polar surface area (TPSA) is 37.3 Å². The molecule has 0 saturated carbocycles. The molecule has 0 spiro atoms. The van der Waals surface area contributed by atoms with Crippen LogP contribution in [0, 0.1) is 0 Å². The zero-order valence-electron chi connectivity index (χ0n) is 11.3. The van der Waals surface area contributed by atoms with Gasteiger partial charge in [-0.15, -0.1) is 11.3 Å². The van der Waals surface area contributed by atoms with Crippen molar-refractivity contribution in [2.45, 2.75) is 6.42 Å². The summed E-state index contributed by atoms with van der Waals surface area (Å²) < 4.78 is 0. The molecule has 0 aliphatic heterocycles.